The SMILES string of the molecule is C[N+](C)(CC(=O)Nc1ccccc1)CC(=O)Nc1ccccc1.O=C(O)c1ccc2ccccc2c1[O-]. The molecule has 0 spiro atoms. The van der Waals surface area contributed by atoms with Crippen LogP contribution >= 0.6 is 0 Å². The minimum atomic E-state index is -1.18. The smallest absolute Gasteiger partial charge is 0.335 e. The average molecular weight is 500 g/mol. The van der Waals surface area contributed by atoms with Gasteiger partial charge in [0.1, 0.15) is 0 Å². The van der Waals surface area contributed by atoms with Crippen LogP contribution in [0.3, 0.4) is 0 Å². The second-order valence-corrected chi connectivity index (χ2v) is 9.05. The van der Waals surface area contributed by atoms with E-state index in [1.54, 1.807) is 24.3 Å². The maximum atomic E-state index is 12.1. The van der Waals surface area contributed by atoms with Gasteiger partial charge in [-0.2, -0.15) is 0 Å². The Kier molecular flexibility index (Phi) is 8.96. The number of carbonyl (C=O) groups excluding carboxylic acids is 2. The molecule has 0 unspecified atom stereocenters. The van der Waals surface area contributed by atoms with Crippen LogP contribution in [0, 0.1) is 0 Å². The number of hydrogen-bond acceptors (Lipinski definition) is 4. The Hall–Kier alpha value is -4.69. The van der Waals surface area contributed by atoms with Gasteiger partial charge in [0.2, 0.25) is 0 Å². The van der Waals surface area contributed by atoms with Crippen molar-refractivity contribution in [2.45, 2.75) is 0 Å². The molecule has 0 aliphatic heterocycles. The summed E-state index contributed by atoms with van der Waals surface area (Å²) < 4.78 is 0.275. The molecule has 0 radical (unpaired) electrons. The summed E-state index contributed by atoms with van der Waals surface area (Å²) in [5.74, 6) is -1.83. The van der Waals surface area contributed by atoms with Crippen molar-refractivity contribution in [2.75, 3.05) is 37.8 Å². The van der Waals surface area contributed by atoms with Crippen molar-refractivity contribution >= 4 is 39.9 Å². The third kappa shape index (κ3) is 8.19. The predicted octanol–water partition coefficient (Wildman–Crippen LogP) is 3.95. The zero-order valence-corrected chi connectivity index (χ0v) is 20.7. The molecule has 190 valence electrons. The van der Waals surface area contributed by atoms with Gasteiger partial charge in [-0.05, 0) is 41.1 Å². The number of aromatic carboxylic acids is 1. The van der Waals surface area contributed by atoms with E-state index in [9.17, 15) is 19.5 Å². The van der Waals surface area contributed by atoms with E-state index in [2.05, 4.69) is 10.6 Å². The standard InChI is InChI=1S/C18H21N3O2.C11H8O3/c1-21(2,13-17(22)19-15-9-5-3-6-10-15)14-18(23)20-16-11-7-4-8-12-16;12-10-8-4-2-1-3-7(8)5-6-9(10)11(13)14/h3-12H,13-14H2,1-2H3,(H-,19,20,22,23);1-6,12H,(H,13,14). The highest BCUT2D eigenvalue weighted by Crippen LogP contribution is 2.25. The van der Waals surface area contributed by atoms with Crippen molar-refractivity contribution in [2.24, 2.45) is 0 Å². The molecular weight excluding hydrogens is 470 g/mol. The molecule has 37 heavy (non-hydrogen) atoms. The minimum absolute atomic E-state index is 0.117. The zero-order valence-electron chi connectivity index (χ0n) is 20.7. The molecule has 3 N–H and O–H groups in total. The van der Waals surface area contributed by atoms with E-state index in [0.29, 0.717) is 5.39 Å². The summed E-state index contributed by atoms with van der Waals surface area (Å²) in [6, 6.07) is 28.5. The molecule has 2 amide bonds. The summed E-state index contributed by atoms with van der Waals surface area (Å²) in [7, 11) is 3.71. The number of anilines is 2. The van der Waals surface area contributed by atoms with Crippen molar-refractivity contribution in [1.82, 2.24) is 0 Å². The first-order chi connectivity index (χ1) is 17.6. The number of carboxylic acids is 1. The summed E-state index contributed by atoms with van der Waals surface area (Å²) in [4.78, 5) is 34.9. The number of likely N-dealkylation sites (N-methyl/N-ethyl adjacent to an activating group) is 1. The number of fused-ring (bicyclic) bond motifs is 1. The van der Waals surface area contributed by atoms with Crippen LogP contribution in [0.4, 0.5) is 11.4 Å². The van der Waals surface area contributed by atoms with E-state index in [4.69, 9.17) is 5.11 Å². The molecule has 0 fully saturated rings. The fourth-order valence-corrected chi connectivity index (χ4v) is 3.69. The van der Waals surface area contributed by atoms with Gasteiger partial charge in [0.15, 0.2) is 13.1 Å². The van der Waals surface area contributed by atoms with Crippen molar-refractivity contribution in [3.8, 4) is 5.75 Å². The lowest BCUT2D eigenvalue weighted by molar-refractivity contribution is -0.874. The predicted molar refractivity (Wildman–Crippen MR) is 142 cm³/mol. The topological polar surface area (TPSA) is 119 Å². The Morgan fingerprint density at radius 2 is 1.16 bits per heavy atom. The Bertz CT molecular complexity index is 1310. The fraction of sp³-hybridized carbons (Fsp3) is 0.138. The number of carboxylic acid groups (broad SMARTS) is 1. The summed E-state index contributed by atoms with van der Waals surface area (Å²) in [6.07, 6.45) is 0. The van der Waals surface area contributed by atoms with Gasteiger partial charge in [-0.1, -0.05) is 72.5 Å². The second-order valence-electron chi connectivity index (χ2n) is 9.05. The summed E-state index contributed by atoms with van der Waals surface area (Å²) >= 11 is 0. The van der Waals surface area contributed by atoms with E-state index < -0.39 is 11.7 Å². The Morgan fingerprint density at radius 1 is 0.703 bits per heavy atom. The molecule has 0 aromatic heterocycles. The number of para-hydroxylation sites is 2. The fourth-order valence-electron chi connectivity index (χ4n) is 3.69. The van der Waals surface area contributed by atoms with Crippen molar-refractivity contribution < 1.29 is 29.1 Å². The van der Waals surface area contributed by atoms with Gasteiger partial charge >= 0.3 is 5.97 Å². The maximum Gasteiger partial charge on any atom is 0.335 e. The molecule has 4 rings (SSSR count). The monoisotopic (exact) mass is 499 g/mol. The third-order valence-electron chi connectivity index (χ3n) is 5.37. The molecule has 0 saturated heterocycles. The van der Waals surface area contributed by atoms with Crippen LogP contribution in [-0.2, 0) is 9.59 Å². The highest BCUT2D eigenvalue weighted by molar-refractivity contribution is 6.00. The molecule has 8 nitrogen and oxygen atoms in total. The quantitative estimate of drug-likeness (QED) is 0.333. The maximum absolute atomic E-state index is 12.1. The third-order valence-corrected chi connectivity index (χ3v) is 5.37. The van der Waals surface area contributed by atoms with Crippen LogP contribution in [-0.4, -0.2) is 54.6 Å². The highest BCUT2D eigenvalue weighted by atomic mass is 16.4. The van der Waals surface area contributed by atoms with Gasteiger partial charge in [0, 0.05) is 11.4 Å². The molecular formula is C29H29N3O5. The zero-order chi connectivity index (χ0) is 26.8. The molecule has 4 aromatic carbocycles. The number of rotatable bonds is 7. The van der Waals surface area contributed by atoms with Gasteiger partial charge in [-0.3, -0.25) is 9.59 Å². The lowest BCUT2D eigenvalue weighted by Gasteiger charge is -2.28. The molecule has 0 bridgehead atoms. The first-order valence-electron chi connectivity index (χ1n) is 11.6. The van der Waals surface area contributed by atoms with Gasteiger partial charge in [-0.15, -0.1) is 0 Å². The van der Waals surface area contributed by atoms with Crippen LogP contribution in [0.25, 0.3) is 10.8 Å². The van der Waals surface area contributed by atoms with E-state index >= 15 is 0 Å². The summed E-state index contributed by atoms with van der Waals surface area (Å²) in [5, 5.41) is 27.2. The number of nitrogens with one attached hydrogen (secondary N) is 2. The molecule has 0 heterocycles. The van der Waals surface area contributed by atoms with Crippen LogP contribution in [0.2, 0.25) is 0 Å². The van der Waals surface area contributed by atoms with E-state index in [1.807, 2.05) is 80.8 Å². The minimum Gasteiger partial charge on any atom is -0.871 e. The molecule has 0 saturated carbocycles. The Morgan fingerprint density at radius 3 is 1.65 bits per heavy atom. The lowest BCUT2D eigenvalue weighted by Crippen LogP contribution is -2.49. The van der Waals surface area contributed by atoms with Crippen LogP contribution < -0.4 is 15.7 Å². The second kappa shape index (κ2) is 12.3. The average Bonchev–Trinajstić information content (AvgIpc) is 2.85. The van der Waals surface area contributed by atoms with Gasteiger partial charge in [0.25, 0.3) is 11.8 Å². The molecule has 0 aliphatic rings. The van der Waals surface area contributed by atoms with Crippen LogP contribution in [0.1, 0.15) is 10.4 Å². The van der Waals surface area contributed by atoms with E-state index in [0.717, 1.165) is 16.8 Å². The Balaban J connectivity index is 0.000000231. The molecule has 0 atom stereocenters. The van der Waals surface area contributed by atoms with Crippen LogP contribution in [0.15, 0.2) is 97.1 Å². The summed E-state index contributed by atoms with van der Waals surface area (Å²) in [5.41, 5.74) is 1.33. The Labute approximate surface area is 215 Å². The molecule has 0 aliphatic carbocycles. The number of quaternary nitrogens is 1. The first kappa shape index (κ1) is 26.9. The number of carbonyl (C=O) groups is 3. The number of nitrogens with zero attached hydrogens (tertiary/aromatic N) is 1. The van der Waals surface area contributed by atoms with E-state index in [1.165, 1.54) is 6.07 Å². The van der Waals surface area contributed by atoms with Crippen LogP contribution in [0.5, 0.6) is 5.75 Å². The largest absolute Gasteiger partial charge is 0.871 e. The number of amides is 2. The molecule has 8 heteroatoms. The van der Waals surface area contributed by atoms with Crippen molar-refractivity contribution in [3.05, 3.63) is 103 Å². The van der Waals surface area contributed by atoms with Gasteiger partial charge < -0.3 is 25.3 Å². The van der Waals surface area contributed by atoms with Gasteiger partial charge in [0.05, 0.1) is 19.7 Å². The normalized spacial score (nSPS) is 10.6. The number of benzene rings is 4. The summed E-state index contributed by atoms with van der Waals surface area (Å²) in [6.45, 7) is 0.439. The number of hydrogen-bond donors (Lipinski definition) is 3. The molecule has 4 aromatic rings. The van der Waals surface area contributed by atoms with E-state index in [-0.39, 0.29) is 35.0 Å². The van der Waals surface area contributed by atoms with Crippen molar-refractivity contribution in [3.63, 3.8) is 0 Å². The van der Waals surface area contributed by atoms with Crippen molar-refractivity contribution in [1.29, 1.82) is 0 Å². The first-order valence-corrected chi connectivity index (χ1v) is 11.6. The van der Waals surface area contributed by atoms with Gasteiger partial charge in [-0.25, -0.2) is 4.79 Å². The lowest BCUT2D eigenvalue weighted by atomic mass is 10.1. The highest BCUT2D eigenvalue weighted by Gasteiger charge is 2.24.